The first-order valence-corrected chi connectivity index (χ1v) is 7.83. The third-order valence-corrected chi connectivity index (χ3v) is 4.42. The van der Waals surface area contributed by atoms with E-state index in [0.29, 0.717) is 5.41 Å². The van der Waals surface area contributed by atoms with E-state index in [0.717, 1.165) is 24.6 Å². The highest BCUT2D eigenvalue weighted by Crippen LogP contribution is 2.42. The Bertz CT molecular complexity index is 447. The number of hydrogen-bond acceptors (Lipinski definition) is 2. The molecular formula is C18H26N2. The Hall–Kier alpha value is -1.33. The Labute approximate surface area is 123 Å². The standard InChI is InChI=1S/C18H26N2/c1-15(2)11-18(9-3-4-10-18)14-20-13-17-7-5-16(12-19)6-8-17/h5-8,15,20H,3-4,9-11,13-14H2,1-2H3. The molecule has 1 saturated carbocycles. The molecule has 0 unspecified atom stereocenters. The number of hydrogen-bond donors (Lipinski definition) is 1. The topological polar surface area (TPSA) is 35.8 Å². The first-order chi connectivity index (χ1) is 9.63. The van der Waals surface area contributed by atoms with E-state index in [2.05, 4.69) is 37.4 Å². The fraction of sp³-hybridized carbons (Fsp3) is 0.611. The molecule has 2 nitrogen and oxygen atoms in total. The number of rotatable bonds is 6. The second-order valence-corrected chi connectivity index (χ2v) is 6.72. The Morgan fingerprint density at radius 2 is 1.85 bits per heavy atom. The van der Waals surface area contributed by atoms with E-state index in [1.54, 1.807) is 0 Å². The van der Waals surface area contributed by atoms with Crippen LogP contribution in [0.2, 0.25) is 0 Å². The van der Waals surface area contributed by atoms with Gasteiger partial charge in [0.2, 0.25) is 0 Å². The first-order valence-electron chi connectivity index (χ1n) is 7.83. The van der Waals surface area contributed by atoms with Crippen LogP contribution in [0.5, 0.6) is 0 Å². The quantitative estimate of drug-likeness (QED) is 0.838. The van der Waals surface area contributed by atoms with Crippen molar-refractivity contribution >= 4 is 0 Å². The molecule has 0 aliphatic heterocycles. The van der Waals surface area contributed by atoms with Crippen molar-refractivity contribution in [2.24, 2.45) is 11.3 Å². The van der Waals surface area contributed by atoms with Gasteiger partial charge in [-0.15, -0.1) is 0 Å². The van der Waals surface area contributed by atoms with Gasteiger partial charge in [-0.1, -0.05) is 38.8 Å². The highest BCUT2D eigenvalue weighted by atomic mass is 14.9. The SMILES string of the molecule is CC(C)CC1(CNCc2ccc(C#N)cc2)CCCC1. The fourth-order valence-electron chi connectivity index (χ4n) is 3.61. The van der Waals surface area contributed by atoms with Gasteiger partial charge in [0.25, 0.3) is 0 Å². The minimum absolute atomic E-state index is 0.529. The highest BCUT2D eigenvalue weighted by Gasteiger charge is 2.33. The van der Waals surface area contributed by atoms with Crippen molar-refractivity contribution in [1.82, 2.24) is 5.32 Å². The van der Waals surface area contributed by atoms with Crippen LogP contribution in [0.25, 0.3) is 0 Å². The maximum atomic E-state index is 8.80. The van der Waals surface area contributed by atoms with Gasteiger partial charge in [0.15, 0.2) is 0 Å². The molecule has 0 aromatic heterocycles. The molecule has 2 heteroatoms. The molecular weight excluding hydrogens is 244 g/mol. The summed E-state index contributed by atoms with van der Waals surface area (Å²) < 4.78 is 0. The second kappa shape index (κ2) is 6.90. The summed E-state index contributed by atoms with van der Waals surface area (Å²) in [6, 6.07) is 10.1. The smallest absolute Gasteiger partial charge is 0.0991 e. The molecule has 20 heavy (non-hydrogen) atoms. The Balaban J connectivity index is 1.85. The molecule has 0 heterocycles. The van der Waals surface area contributed by atoms with E-state index in [1.807, 2.05) is 12.1 Å². The molecule has 1 aromatic rings. The Kier molecular flexibility index (Phi) is 5.20. The van der Waals surface area contributed by atoms with Gasteiger partial charge in [0, 0.05) is 13.1 Å². The number of nitriles is 1. The third-order valence-electron chi connectivity index (χ3n) is 4.42. The van der Waals surface area contributed by atoms with Gasteiger partial charge in [0.1, 0.15) is 0 Å². The van der Waals surface area contributed by atoms with Crippen molar-refractivity contribution < 1.29 is 0 Å². The maximum Gasteiger partial charge on any atom is 0.0991 e. The molecule has 1 aromatic carbocycles. The van der Waals surface area contributed by atoms with E-state index in [9.17, 15) is 0 Å². The normalized spacial score (nSPS) is 17.3. The molecule has 0 radical (unpaired) electrons. The van der Waals surface area contributed by atoms with Crippen molar-refractivity contribution in [2.75, 3.05) is 6.54 Å². The molecule has 2 rings (SSSR count). The molecule has 0 atom stereocenters. The van der Waals surface area contributed by atoms with E-state index < -0.39 is 0 Å². The van der Waals surface area contributed by atoms with Crippen LogP contribution in [0.4, 0.5) is 0 Å². The minimum atomic E-state index is 0.529. The zero-order chi connectivity index (χ0) is 14.4. The summed E-state index contributed by atoms with van der Waals surface area (Å²) in [5.41, 5.74) is 2.53. The lowest BCUT2D eigenvalue weighted by Crippen LogP contribution is -2.33. The summed E-state index contributed by atoms with van der Waals surface area (Å²) in [6.07, 6.45) is 6.89. The summed E-state index contributed by atoms with van der Waals surface area (Å²) in [5, 5.41) is 12.4. The lowest BCUT2D eigenvalue weighted by molar-refractivity contribution is 0.223. The van der Waals surface area contributed by atoms with Crippen LogP contribution in [0, 0.1) is 22.7 Å². The molecule has 108 valence electrons. The van der Waals surface area contributed by atoms with E-state index in [4.69, 9.17) is 5.26 Å². The highest BCUT2D eigenvalue weighted by molar-refractivity contribution is 5.31. The summed E-state index contributed by atoms with van der Waals surface area (Å²) in [6.45, 7) is 6.71. The lowest BCUT2D eigenvalue weighted by atomic mass is 9.78. The first kappa shape index (κ1) is 15.1. The molecule has 1 N–H and O–H groups in total. The van der Waals surface area contributed by atoms with Crippen molar-refractivity contribution in [3.05, 3.63) is 35.4 Å². The van der Waals surface area contributed by atoms with Crippen molar-refractivity contribution in [1.29, 1.82) is 5.26 Å². The zero-order valence-electron chi connectivity index (χ0n) is 12.8. The average Bonchev–Trinajstić information content (AvgIpc) is 2.87. The van der Waals surface area contributed by atoms with Gasteiger partial charge in [0.05, 0.1) is 11.6 Å². The molecule has 0 spiro atoms. The van der Waals surface area contributed by atoms with Gasteiger partial charge in [-0.3, -0.25) is 0 Å². The third kappa shape index (κ3) is 4.08. The Morgan fingerprint density at radius 1 is 1.20 bits per heavy atom. The Morgan fingerprint density at radius 3 is 2.40 bits per heavy atom. The van der Waals surface area contributed by atoms with Crippen molar-refractivity contribution in [3.8, 4) is 6.07 Å². The van der Waals surface area contributed by atoms with Crippen LogP contribution in [0.3, 0.4) is 0 Å². The van der Waals surface area contributed by atoms with Gasteiger partial charge in [-0.05, 0) is 48.3 Å². The van der Waals surface area contributed by atoms with Gasteiger partial charge in [-0.25, -0.2) is 0 Å². The summed E-state index contributed by atoms with van der Waals surface area (Å²) in [4.78, 5) is 0. The predicted octanol–water partition coefficient (Wildman–Crippen LogP) is 4.25. The van der Waals surface area contributed by atoms with Crippen molar-refractivity contribution in [3.63, 3.8) is 0 Å². The zero-order valence-corrected chi connectivity index (χ0v) is 12.8. The van der Waals surface area contributed by atoms with Crippen LogP contribution in [-0.4, -0.2) is 6.54 Å². The summed E-state index contributed by atoms with van der Waals surface area (Å²) in [5.74, 6) is 0.782. The maximum absolute atomic E-state index is 8.80. The lowest BCUT2D eigenvalue weighted by Gasteiger charge is -2.31. The van der Waals surface area contributed by atoms with Gasteiger partial charge < -0.3 is 5.32 Å². The number of benzene rings is 1. The molecule has 1 aliphatic carbocycles. The molecule has 0 saturated heterocycles. The van der Waals surface area contributed by atoms with Crippen LogP contribution in [-0.2, 0) is 6.54 Å². The van der Waals surface area contributed by atoms with Crippen LogP contribution < -0.4 is 5.32 Å². The van der Waals surface area contributed by atoms with Crippen LogP contribution in [0.15, 0.2) is 24.3 Å². The van der Waals surface area contributed by atoms with Crippen LogP contribution in [0.1, 0.15) is 57.1 Å². The van der Waals surface area contributed by atoms with Crippen molar-refractivity contribution in [2.45, 2.75) is 52.5 Å². The summed E-state index contributed by atoms with van der Waals surface area (Å²) >= 11 is 0. The largest absolute Gasteiger partial charge is 0.312 e. The number of nitrogens with zero attached hydrogens (tertiary/aromatic N) is 1. The van der Waals surface area contributed by atoms with E-state index in [1.165, 1.54) is 37.7 Å². The molecule has 1 aliphatic rings. The summed E-state index contributed by atoms with van der Waals surface area (Å²) in [7, 11) is 0. The molecule has 1 fully saturated rings. The second-order valence-electron chi connectivity index (χ2n) is 6.72. The van der Waals surface area contributed by atoms with Gasteiger partial charge >= 0.3 is 0 Å². The van der Waals surface area contributed by atoms with E-state index in [-0.39, 0.29) is 0 Å². The van der Waals surface area contributed by atoms with E-state index >= 15 is 0 Å². The van der Waals surface area contributed by atoms with Gasteiger partial charge in [-0.2, -0.15) is 5.26 Å². The fourth-order valence-corrected chi connectivity index (χ4v) is 3.61. The molecule has 0 bridgehead atoms. The van der Waals surface area contributed by atoms with Crippen LogP contribution >= 0.6 is 0 Å². The monoisotopic (exact) mass is 270 g/mol. The molecule has 0 amide bonds. The number of nitrogens with one attached hydrogen (secondary N) is 1. The average molecular weight is 270 g/mol. The minimum Gasteiger partial charge on any atom is -0.312 e. The predicted molar refractivity (Wildman–Crippen MR) is 83.2 cm³/mol.